The number of benzene rings is 2. The van der Waals surface area contributed by atoms with Gasteiger partial charge in [-0.15, -0.1) is 0 Å². The highest BCUT2D eigenvalue weighted by Gasteiger charge is 2.40. The number of halogens is 4. The quantitative estimate of drug-likeness (QED) is 0.611. The fraction of sp³-hybridized carbons (Fsp3) is 0.238. The van der Waals surface area contributed by atoms with E-state index in [0.717, 1.165) is 11.8 Å². The summed E-state index contributed by atoms with van der Waals surface area (Å²) in [5.74, 6) is -0.838. The van der Waals surface area contributed by atoms with Gasteiger partial charge in [0.25, 0.3) is 5.91 Å². The summed E-state index contributed by atoms with van der Waals surface area (Å²) in [4.78, 5) is 12.6. The van der Waals surface area contributed by atoms with Crippen molar-refractivity contribution < 1.29 is 18.0 Å². The first-order valence-electron chi connectivity index (χ1n) is 8.84. The van der Waals surface area contributed by atoms with Gasteiger partial charge in [-0.1, -0.05) is 61.8 Å². The largest absolute Gasteiger partial charge is 0.434 e. The molecular weight excluding hydrogens is 403 g/mol. The highest BCUT2D eigenvalue weighted by Crippen LogP contribution is 2.34. The van der Waals surface area contributed by atoms with Crippen LogP contribution in [0.5, 0.6) is 0 Å². The molecule has 152 valence electrons. The lowest BCUT2D eigenvalue weighted by Crippen LogP contribution is -2.37. The van der Waals surface area contributed by atoms with Crippen LogP contribution in [0, 0.1) is 0 Å². The van der Waals surface area contributed by atoms with Crippen molar-refractivity contribution in [1.82, 2.24) is 15.1 Å². The minimum atomic E-state index is -4.78. The first-order chi connectivity index (χ1) is 13.6. The van der Waals surface area contributed by atoms with Gasteiger partial charge in [-0.2, -0.15) is 18.3 Å². The molecule has 0 bridgehead atoms. The number of aromatic nitrogens is 2. The summed E-state index contributed by atoms with van der Waals surface area (Å²) in [5.41, 5.74) is -1.06. The average Bonchev–Trinajstić information content (AvgIpc) is 3.13. The number of amides is 1. The van der Waals surface area contributed by atoms with Crippen LogP contribution in [-0.4, -0.2) is 22.2 Å². The fourth-order valence-corrected chi connectivity index (χ4v) is 3.16. The molecule has 1 N–H and O–H groups in total. The molecule has 0 radical (unpaired) electrons. The first-order valence-corrected chi connectivity index (χ1v) is 9.22. The molecular formula is C21H19ClF3N3O. The number of nitrogens with one attached hydrogen (secondary N) is 1. The Bertz CT molecular complexity index is 1010. The van der Waals surface area contributed by atoms with E-state index in [9.17, 15) is 18.0 Å². The average molecular weight is 422 g/mol. The van der Waals surface area contributed by atoms with Crippen LogP contribution in [0.2, 0.25) is 5.02 Å². The Hall–Kier alpha value is -2.80. The maximum absolute atomic E-state index is 13.8. The lowest BCUT2D eigenvalue weighted by Gasteiger charge is -2.25. The molecule has 0 saturated carbocycles. The van der Waals surface area contributed by atoms with Crippen molar-refractivity contribution >= 4 is 17.5 Å². The van der Waals surface area contributed by atoms with Crippen LogP contribution in [0.1, 0.15) is 35.5 Å². The summed E-state index contributed by atoms with van der Waals surface area (Å²) in [7, 11) is 0. The van der Waals surface area contributed by atoms with Crippen molar-refractivity contribution in [3.63, 3.8) is 0 Å². The summed E-state index contributed by atoms with van der Waals surface area (Å²) < 4.78 is 41.9. The summed E-state index contributed by atoms with van der Waals surface area (Å²) in [6.45, 7) is 3.97. The third kappa shape index (κ3) is 4.62. The predicted octanol–water partition coefficient (Wildman–Crippen LogP) is 5.25. The number of rotatable bonds is 5. The molecule has 0 aliphatic heterocycles. The van der Waals surface area contributed by atoms with E-state index in [2.05, 4.69) is 10.4 Å². The van der Waals surface area contributed by atoms with Gasteiger partial charge in [0.15, 0.2) is 5.69 Å². The molecule has 0 saturated heterocycles. The highest BCUT2D eigenvalue weighted by molar-refractivity contribution is 6.30. The van der Waals surface area contributed by atoms with Gasteiger partial charge >= 0.3 is 6.18 Å². The van der Waals surface area contributed by atoms with Crippen molar-refractivity contribution in [3.8, 4) is 5.69 Å². The van der Waals surface area contributed by atoms with Crippen LogP contribution in [0.4, 0.5) is 13.2 Å². The van der Waals surface area contributed by atoms with E-state index in [0.29, 0.717) is 4.68 Å². The van der Waals surface area contributed by atoms with Crippen LogP contribution < -0.4 is 5.32 Å². The third-order valence-corrected chi connectivity index (χ3v) is 4.82. The molecule has 1 amide bonds. The zero-order valence-electron chi connectivity index (χ0n) is 15.8. The van der Waals surface area contributed by atoms with Gasteiger partial charge in [0.2, 0.25) is 0 Å². The van der Waals surface area contributed by atoms with E-state index < -0.39 is 28.8 Å². The highest BCUT2D eigenvalue weighted by atomic mass is 35.5. The van der Waals surface area contributed by atoms with E-state index >= 15 is 0 Å². The molecule has 8 heteroatoms. The monoisotopic (exact) mass is 421 g/mol. The molecule has 0 atom stereocenters. The summed E-state index contributed by atoms with van der Waals surface area (Å²) in [5, 5.41) is 6.67. The fourth-order valence-electron chi connectivity index (χ4n) is 2.98. The molecule has 29 heavy (non-hydrogen) atoms. The van der Waals surface area contributed by atoms with Crippen LogP contribution in [0.25, 0.3) is 5.69 Å². The number of hydrogen-bond donors (Lipinski definition) is 1. The molecule has 2 aromatic carbocycles. The van der Waals surface area contributed by atoms with Gasteiger partial charge in [-0.25, -0.2) is 4.68 Å². The van der Waals surface area contributed by atoms with E-state index in [1.807, 2.05) is 44.2 Å². The van der Waals surface area contributed by atoms with Crippen LogP contribution in [0.15, 0.2) is 60.8 Å². The molecule has 4 nitrogen and oxygen atoms in total. The minimum Gasteiger partial charge on any atom is -0.351 e. The smallest absolute Gasteiger partial charge is 0.351 e. The Morgan fingerprint density at radius 2 is 1.79 bits per heavy atom. The van der Waals surface area contributed by atoms with Gasteiger partial charge in [0.1, 0.15) is 0 Å². The van der Waals surface area contributed by atoms with Crippen molar-refractivity contribution in [2.75, 3.05) is 6.54 Å². The molecule has 0 spiro atoms. The van der Waals surface area contributed by atoms with Gasteiger partial charge in [-0.3, -0.25) is 4.79 Å². The minimum absolute atomic E-state index is 0.119. The lowest BCUT2D eigenvalue weighted by atomic mass is 9.84. The number of carbonyl (C=O) groups excluding carboxylic acids is 1. The van der Waals surface area contributed by atoms with Crippen molar-refractivity contribution in [1.29, 1.82) is 0 Å². The number of alkyl halides is 3. The van der Waals surface area contributed by atoms with E-state index in [4.69, 9.17) is 11.6 Å². The summed E-state index contributed by atoms with van der Waals surface area (Å²) in [6.07, 6.45) is -3.85. The Labute approximate surface area is 171 Å². The summed E-state index contributed by atoms with van der Waals surface area (Å²) >= 11 is 5.89. The standard InChI is InChI=1S/C21H19ClF3N3O/c1-20(2,14-7-4-3-5-8-14)13-26-19(29)17-12-27-28(18(17)21(23,24)25)16-10-6-9-15(22)11-16/h3-12H,13H2,1-2H3,(H,26,29). The van der Waals surface area contributed by atoms with Crippen molar-refractivity contribution in [2.45, 2.75) is 25.4 Å². The van der Waals surface area contributed by atoms with E-state index in [1.165, 1.54) is 18.2 Å². The second-order valence-electron chi connectivity index (χ2n) is 7.23. The Kier molecular flexibility index (Phi) is 5.71. The maximum atomic E-state index is 13.8. The molecule has 3 aromatic rings. The molecule has 0 aliphatic rings. The topological polar surface area (TPSA) is 46.9 Å². The maximum Gasteiger partial charge on any atom is 0.434 e. The van der Waals surface area contributed by atoms with E-state index in [-0.39, 0.29) is 17.3 Å². The van der Waals surface area contributed by atoms with Gasteiger partial charge in [0, 0.05) is 17.0 Å². The Morgan fingerprint density at radius 3 is 2.41 bits per heavy atom. The van der Waals surface area contributed by atoms with Gasteiger partial charge in [-0.05, 0) is 23.8 Å². The normalized spacial score (nSPS) is 12.1. The molecule has 1 heterocycles. The first kappa shape index (κ1) is 20.9. The van der Waals surface area contributed by atoms with Gasteiger partial charge < -0.3 is 5.32 Å². The molecule has 1 aromatic heterocycles. The van der Waals surface area contributed by atoms with E-state index in [1.54, 1.807) is 6.07 Å². The predicted molar refractivity (Wildman–Crippen MR) is 105 cm³/mol. The third-order valence-electron chi connectivity index (χ3n) is 4.58. The second kappa shape index (κ2) is 7.91. The van der Waals surface area contributed by atoms with Gasteiger partial charge in [0.05, 0.1) is 17.4 Å². The Balaban J connectivity index is 1.89. The SMILES string of the molecule is CC(C)(CNC(=O)c1cnn(-c2cccc(Cl)c2)c1C(F)(F)F)c1ccccc1. The molecule has 0 fully saturated rings. The van der Waals surface area contributed by atoms with Crippen molar-refractivity contribution in [3.05, 3.63) is 82.6 Å². The molecule has 0 unspecified atom stereocenters. The lowest BCUT2D eigenvalue weighted by molar-refractivity contribution is -0.143. The molecule has 3 rings (SSSR count). The molecule has 0 aliphatic carbocycles. The zero-order valence-corrected chi connectivity index (χ0v) is 16.6. The van der Waals surface area contributed by atoms with Crippen LogP contribution in [0.3, 0.4) is 0 Å². The number of nitrogens with zero attached hydrogens (tertiary/aromatic N) is 2. The van der Waals surface area contributed by atoms with Crippen molar-refractivity contribution in [2.24, 2.45) is 0 Å². The van der Waals surface area contributed by atoms with Crippen LogP contribution >= 0.6 is 11.6 Å². The summed E-state index contributed by atoms with van der Waals surface area (Å²) in [6, 6.07) is 15.3. The number of hydrogen-bond acceptors (Lipinski definition) is 2. The van der Waals surface area contributed by atoms with Crippen LogP contribution in [-0.2, 0) is 11.6 Å². The number of carbonyl (C=O) groups is 1. The second-order valence-corrected chi connectivity index (χ2v) is 7.67. The zero-order chi connectivity index (χ0) is 21.2. The Morgan fingerprint density at radius 1 is 1.10 bits per heavy atom.